The van der Waals surface area contributed by atoms with Crippen LogP contribution in [0.2, 0.25) is 0 Å². The summed E-state index contributed by atoms with van der Waals surface area (Å²) in [6.45, 7) is 1.45. The van der Waals surface area contributed by atoms with Crippen LogP contribution in [0.3, 0.4) is 0 Å². The van der Waals surface area contributed by atoms with Crippen molar-refractivity contribution in [2.45, 2.75) is 19.4 Å². The molecule has 3 rings (SSSR count). The monoisotopic (exact) mass is 351 g/mol. The molecular weight excluding hydrogens is 334 g/mol. The van der Waals surface area contributed by atoms with Gasteiger partial charge in [-0.05, 0) is 23.3 Å². The highest BCUT2D eigenvalue weighted by atomic mass is 16.6. The van der Waals surface area contributed by atoms with Crippen LogP contribution in [0.5, 0.6) is 0 Å². The Hall–Kier alpha value is -3.48. The quantitative estimate of drug-likeness (QED) is 0.674. The first kappa shape index (κ1) is 17.3. The van der Waals surface area contributed by atoms with Crippen LogP contribution in [-0.4, -0.2) is 21.6 Å². The molecule has 0 radical (unpaired) electrons. The molecule has 0 unspecified atom stereocenters. The molecule has 7 nitrogen and oxygen atoms in total. The summed E-state index contributed by atoms with van der Waals surface area (Å²) in [7, 11) is 0. The van der Waals surface area contributed by atoms with Gasteiger partial charge in [0.25, 0.3) is 5.69 Å². The van der Waals surface area contributed by atoms with E-state index in [1.807, 2.05) is 30.3 Å². The molecule has 0 aliphatic carbocycles. The molecule has 0 saturated carbocycles. The zero-order valence-corrected chi connectivity index (χ0v) is 14.1. The first-order chi connectivity index (χ1) is 12.5. The van der Waals surface area contributed by atoms with Crippen molar-refractivity contribution in [1.29, 1.82) is 0 Å². The van der Waals surface area contributed by atoms with Gasteiger partial charge in [0.15, 0.2) is 0 Å². The fraction of sp³-hybridized carbons (Fsp3) is 0.158. The Balaban J connectivity index is 1.80. The Bertz CT molecular complexity index is 907. The number of hydrogen-bond acceptors (Lipinski definition) is 4. The topological polar surface area (TPSA) is 92.6 Å². The molecule has 1 heterocycles. The maximum atomic E-state index is 12.5. The molecule has 0 fully saturated rings. The highest BCUT2D eigenvalue weighted by Gasteiger charge is 2.28. The van der Waals surface area contributed by atoms with Gasteiger partial charge in [-0.2, -0.15) is 0 Å². The predicted octanol–water partition coefficient (Wildman–Crippen LogP) is 3.50. The Morgan fingerprint density at radius 2 is 1.96 bits per heavy atom. The summed E-state index contributed by atoms with van der Waals surface area (Å²) >= 11 is 0. The number of carbonyl (C=O) groups is 2. The van der Waals surface area contributed by atoms with Crippen LogP contribution in [0, 0.1) is 10.1 Å². The van der Waals surface area contributed by atoms with Gasteiger partial charge in [0.1, 0.15) is 0 Å². The zero-order chi connectivity index (χ0) is 18.7. The Morgan fingerprint density at radius 3 is 2.69 bits per heavy atom. The lowest BCUT2D eigenvalue weighted by molar-refractivity contribution is -0.384. The van der Waals surface area contributed by atoms with Crippen molar-refractivity contribution in [1.82, 2.24) is 4.90 Å². The van der Waals surface area contributed by atoms with E-state index in [0.29, 0.717) is 5.69 Å². The minimum atomic E-state index is -0.519. The van der Waals surface area contributed by atoms with Gasteiger partial charge >= 0.3 is 0 Å². The summed E-state index contributed by atoms with van der Waals surface area (Å²) in [5.74, 6) is -0.490. The van der Waals surface area contributed by atoms with Gasteiger partial charge in [0, 0.05) is 30.9 Å². The summed E-state index contributed by atoms with van der Waals surface area (Å²) in [6, 6.07) is 12.9. The van der Waals surface area contributed by atoms with Gasteiger partial charge in [-0.25, -0.2) is 0 Å². The number of non-ortho nitro benzene ring substituents is 1. The van der Waals surface area contributed by atoms with Crippen LogP contribution in [-0.2, 0) is 9.59 Å². The molecule has 1 N–H and O–H groups in total. The predicted molar refractivity (Wildman–Crippen MR) is 97.1 cm³/mol. The van der Waals surface area contributed by atoms with E-state index in [4.69, 9.17) is 0 Å². The van der Waals surface area contributed by atoms with Crippen LogP contribution < -0.4 is 5.32 Å². The molecule has 1 atom stereocenters. The standard InChI is InChI=1S/C19H17N3O4/c1-13(23)21-10-9-14-5-2-3-8-17(14)18(21)12-19(24)20-15-6-4-7-16(11-15)22(25)26/h2-11,18H,12H2,1H3,(H,20,24)/t18-/m1/s1. The SMILES string of the molecule is CC(=O)N1C=Cc2ccccc2[C@H]1CC(=O)Nc1cccc([N+](=O)[O-])c1. The molecule has 7 heteroatoms. The lowest BCUT2D eigenvalue weighted by Crippen LogP contribution is -2.33. The highest BCUT2D eigenvalue weighted by molar-refractivity contribution is 5.92. The van der Waals surface area contributed by atoms with Gasteiger partial charge in [-0.15, -0.1) is 0 Å². The summed E-state index contributed by atoms with van der Waals surface area (Å²) < 4.78 is 0. The number of anilines is 1. The number of hydrogen-bond donors (Lipinski definition) is 1. The Labute approximate surface area is 150 Å². The van der Waals surface area contributed by atoms with Crippen LogP contribution in [0.25, 0.3) is 6.08 Å². The molecule has 2 amide bonds. The fourth-order valence-electron chi connectivity index (χ4n) is 3.00. The molecule has 132 valence electrons. The van der Waals surface area contributed by atoms with E-state index in [0.717, 1.165) is 11.1 Å². The molecular formula is C19H17N3O4. The number of carbonyl (C=O) groups excluding carboxylic acids is 2. The third-order valence-corrected chi connectivity index (χ3v) is 4.19. The van der Waals surface area contributed by atoms with E-state index in [9.17, 15) is 19.7 Å². The van der Waals surface area contributed by atoms with E-state index in [1.165, 1.54) is 30.0 Å². The lowest BCUT2D eigenvalue weighted by atomic mass is 9.93. The number of nitrogens with zero attached hydrogens (tertiary/aromatic N) is 2. The minimum absolute atomic E-state index is 0.0453. The normalized spacial score (nSPS) is 15.3. The summed E-state index contributed by atoms with van der Waals surface area (Å²) in [5, 5.41) is 13.5. The van der Waals surface area contributed by atoms with E-state index in [-0.39, 0.29) is 23.9 Å². The Kier molecular flexibility index (Phi) is 4.79. The van der Waals surface area contributed by atoms with Gasteiger partial charge < -0.3 is 10.2 Å². The summed E-state index contributed by atoms with van der Waals surface area (Å²) in [6.07, 6.45) is 3.56. The molecule has 0 saturated heterocycles. The van der Waals surface area contributed by atoms with Crippen molar-refractivity contribution in [3.8, 4) is 0 Å². The largest absolute Gasteiger partial charge is 0.326 e. The molecule has 0 aromatic heterocycles. The maximum Gasteiger partial charge on any atom is 0.271 e. The minimum Gasteiger partial charge on any atom is -0.326 e. The van der Waals surface area contributed by atoms with Crippen LogP contribution >= 0.6 is 0 Å². The molecule has 0 bridgehead atoms. The smallest absolute Gasteiger partial charge is 0.271 e. The van der Waals surface area contributed by atoms with Crippen molar-refractivity contribution in [3.63, 3.8) is 0 Å². The third kappa shape index (κ3) is 3.61. The van der Waals surface area contributed by atoms with Gasteiger partial charge in [0.2, 0.25) is 11.8 Å². The zero-order valence-electron chi connectivity index (χ0n) is 14.1. The lowest BCUT2D eigenvalue weighted by Gasteiger charge is -2.32. The molecule has 1 aliphatic heterocycles. The van der Waals surface area contributed by atoms with E-state index in [2.05, 4.69) is 5.32 Å². The number of fused-ring (bicyclic) bond motifs is 1. The van der Waals surface area contributed by atoms with Crippen molar-refractivity contribution in [2.24, 2.45) is 0 Å². The third-order valence-electron chi connectivity index (χ3n) is 4.19. The van der Waals surface area contributed by atoms with Crippen molar-refractivity contribution >= 4 is 29.3 Å². The van der Waals surface area contributed by atoms with Crippen LogP contribution in [0.1, 0.15) is 30.5 Å². The second-order valence-corrected chi connectivity index (χ2v) is 5.95. The highest BCUT2D eigenvalue weighted by Crippen LogP contribution is 2.33. The second-order valence-electron chi connectivity index (χ2n) is 5.95. The number of nitro groups is 1. The van der Waals surface area contributed by atoms with Gasteiger partial charge in [-0.1, -0.05) is 30.3 Å². The molecule has 0 spiro atoms. The Morgan fingerprint density at radius 1 is 1.19 bits per heavy atom. The van der Waals surface area contributed by atoms with E-state index < -0.39 is 11.0 Å². The number of rotatable bonds is 4. The average Bonchev–Trinajstić information content (AvgIpc) is 2.61. The summed E-state index contributed by atoms with van der Waals surface area (Å²) in [5.41, 5.74) is 2.09. The number of nitrogens with one attached hydrogen (secondary N) is 1. The van der Waals surface area contributed by atoms with Crippen molar-refractivity contribution in [3.05, 3.63) is 76.0 Å². The van der Waals surface area contributed by atoms with Crippen molar-refractivity contribution < 1.29 is 14.5 Å². The van der Waals surface area contributed by atoms with Gasteiger partial charge in [-0.3, -0.25) is 19.7 Å². The summed E-state index contributed by atoms with van der Waals surface area (Å²) in [4.78, 5) is 36.3. The van der Waals surface area contributed by atoms with Crippen LogP contribution in [0.15, 0.2) is 54.7 Å². The molecule has 26 heavy (non-hydrogen) atoms. The first-order valence-corrected chi connectivity index (χ1v) is 8.06. The van der Waals surface area contributed by atoms with Crippen LogP contribution in [0.4, 0.5) is 11.4 Å². The first-order valence-electron chi connectivity index (χ1n) is 8.06. The molecule has 1 aliphatic rings. The molecule has 2 aromatic carbocycles. The van der Waals surface area contributed by atoms with Gasteiger partial charge in [0.05, 0.1) is 17.4 Å². The van der Waals surface area contributed by atoms with Crippen molar-refractivity contribution in [2.75, 3.05) is 5.32 Å². The average molecular weight is 351 g/mol. The fourth-order valence-corrected chi connectivity index (χ4v) is 3.00. The number of amides is 2. The molecule has 2 aromatic rings. The number of benzene rings is 2. The van der Waals surface area contributed by atoms with E-state index >= 15 is 0 Å². The second kappa shape index (κ2) is 7.18. The number of nitro benzene ring substituents is 1. The van der Waals surface area contributed by atoms with E-state index in [1.54, 1.807) is 12.3 Å². The maximum absolute atomic E-state index is 12.5.